The van der Waals surface area contributed by atoms with E-state index in [9.17, 15) is 0 Å². The molecule has 0 aliphatic rings. The second kappa shape index (κ2) is 6.44. The number of hydrogen-bond acceptors (Lipinski definition) is 0. The maximum atomic E-state index is 2.19. The average Bonchev–Trinajstić information content (AvgIpc) is 2.57. The molecule has 0 saturated heterocycles. The third-order valence-electron chi connectivity index (χ3n) is 3.87. The normalized spacial score (nSPS) is 11.0. The minimum atomic E-state index is 1.24. The van der Waals surface area contributed by atoms with Gasteiger partial charge in [-0.05, 0) is 41.7 Å². The van der Waals surface area contributed by atoms with Gasteiger partial charge in [-0.25, -0.2) is 0 Å². The molecule has 0 fully saturated rings. The molecule has 3 aromatic rings. The van der Waals surface area contributed by atoms with Gasteiger partial charge in [0.25, 0.3) is 0 Å². The van der Waals surface area contributed by atoms with Crippen LogP contribution < -0.4 is 0 Å². The minimum Gasteiger partial charge on any atom is -0.0871 e. The monoisotopic (exact) mass is 284 g/mol. The van der Waals surface area contributed by atoms with Crippen molar-refractivity contribution in [2.75, 3.05) is 0 Å². The molecule has 0 bridgehead atoms. The standard InChI is InChI=1S/C22H20/c1-3-4-18-7-11-20(12-8-18)22-15-13-21(14-16-22)19-9-5-17(2)6-10-19/h3-16H,1-2H3/b4-3+. The zero-order valence-corrected chi connectivity index (χ0v) is 13.1. The van der Waals surface area contributed by atoms with E-state index in [-0.39, 0.29) is 0 Å². The van der Waals surface area contributed by atoms with Crippen molar-refractivity contribution in [2.24, 2.45) is 0 Å². The van der Waals surface area contributed by atoms with E-state index >= 15 is 0 Å². The van der Waals surface area contributed by atoms with Crippen molar-refractivity contribution in [2.45, 2.75) is 13.8 Å². The van der Waals surface area contributed by atoms with E-state index in [4.69, 9.17) is 0 Å². The number of rotatable bonds is 3. The first kappa shape index (κ1) is 14.3. The van der Waals surface area contributed by atoms with Crippen molar-refractivity contribution >= 4 is 6.08 Å². The van der Waals surface area contributed by atoms with E-state index < -0.39 is 0 Å². The Hall–Kier alpha value is -2.60. The highest BCUT2D eigenvalue weighted by molar-refractivity contribution is 5.71. The van der Waals surface area contributed by atoms with Crippen LogP contribution in [0.5, 0.6) is 0 Å². The highest BCUT2D eigenvalue weighted by Gasteiger charge is 2.00. The van der Waals surface area contributed by atoms with Gasteiger partial charge < -0.3 is 0 Å². The van der Waals surface area contributed by atoms with E-state index in [0.29, 0.717) is 0 Å². The Morgan fingerprint density at radius 1 is 0.545 bits per heavy atom. The highest BCUT2D eigenvalue weighted by atomic mass is 14.0. The summed E-state index contributed by atoms with van der Waals surface area (Å²) in [5.74, 6) is 0. The Labute approximate surface area is 132 Å². The lowest BCUT2D eigenvalue weighted by Crippen LogP contribution is -1.81. The van der Waals surface area contributed by atoms with Crippen molar-refractivity contribution in [3.63, 3.8) is 0 Å². The van der Waals surface area contributed by atoms with E-state index in [1.807, 2.05) is 6.92 Å². The van der Waals surface area contributed by atoms with Gasteiger partial charge in [0.05, 0.1) is 0 Å². The molecule has 22 heavy (non-hydrogen) atoms. The van der Waals surface area contributed by atoms with Gasteiger partial charge in [0, 0.05) is 0 Å². The van der Waals surface area contributed by atoms with Crippen molar-refractivity contribution in [3.8, 4) is 22.3 Å². The van der Waals surface area contributed by atoms with Gasteiger partial charge in [0.1, 0.15) is 0 Å². The molecule has 0 atom stereocenters. The van der Waals surface area contributed by atoms with E-state index in [2.05, 4.69) is 91.9 Å². The molecule has 0 heteroatoms. The fraction of sp³-hybridized carbons (Fsp3) is 0.0909. The third-order valence-corrected chi connectivity index (χ3v) is 3.87. The molecule has 0 aromatic heterocycles. The molecule has 0 N–H and O–H groups in total. The van der Waals surface area contributed by atoms with E-state index in [0.717, 1.165) is 0 Å². The quantitative estimate of drug-likeness (QED) is 0.524. The summed E-state index contributed by atoms with van der Waals surface area (Å²) >= 11 is 0. The summed E-state index contributed by atoms with van der Waals surface area (Å²) in [5.41, 5.74) is 7.56. The average molecular weight is 284 g/mol. The Kier molecular flexibility index (Phi) is 4.20. The molecular formula is C22H20. The molecule has 3 aromatic carbocycles. The van der Waals surface area contributed by atoms with Crippen LogP contribution in [-0.2, 0) is 0 Å². The molecule has 0 spiro atoms. The lowest BCUT2D eigenvalue weighted by molar-refractivity contribution is 1.47. The topological polar surface area (TPSA) is 0 Å². The number of allylic oxidation sites excluding steroid dienone is 1. The van der Waals surface area contributed by atoms with Crippen LogP contribution >= 0.6 is 0 Å². The Morgan fingerprint density at radius 3 is 1.32 bits per heavy atom. The van der Waals surface area contributed by atoms with Crippen LogP contribution in [-0.4, -0.2) is 0 Å². The van der Waals surface area contributed by atoms with Crippen molar-refractivity contribution < 1.29 is 0 Å². The molecular weight excluding hydrogens is 264 g/mol. The summed E-state index contributed by atoms with van der Waals surface area (Å²) in [6, 6.07) is 26.1. The predicted octanol–water partition coefficient (Wildman–Crippen LogP) is 6.36. The molecule has 0 heterocycles. The summed E-state index contributed by atoms with van der Waals surface area (Å²) in [5, 5.41) is 0. The molecule has 0 aliphatic heterocycles. The Morgan fingerprint density at radius 2 is 0.909 bits per heavy atom. The smallest absolute Gasteiger partial charge is 0.0184 e. The van der Waals surface area contributed by atoms with Crippen LogP contribution in [0, 0.1) is 6.92 Å². The fourth-order valence-corrected chi connectivity index (χ4v) is 2.58. The SMILES string of the molecule is C/C=C/c1ccc(-c2ccc(-c3ccc(C)cc3)cc2)cc1. The van der Waals surface area contributed by atoms with Gasteiger partial charge in [-0.2, -0.15) is 0 Å². The lowest BCUT2D eigenvalue weighted by Gasteiger charge is -2.06. The maximum absolute atomic E-state index is 2.19. The Bertz CT molecular complexity index is 758. The predicted molar refractivity (Wildman–Crippen MR) is 96.8 cm³/mol. The molecule has 0 aliphatic carbocycles. The summed E-state index contributed by atoms with van der Waals surface area (Å²) in [4.78, 5) is 0. The second-order valence-corrected chi connectivity index (χ2v) is 5.57. The molecule has 108 valence electrons. The van der Waals surface area contributed by atoms with E-state index in [1.165, 1.54) is 33.4 Å². The van der Waals surface area contributed by atoms with Crippen LogP contribution in [0.25, 0.3) is 28.3 Å². The molecule has 3 rings (SSSR count). The summed E-state index contributed by atoms with van der Waals surface area (Å²) in [7, 11) is 0. The summed E-state index contributed by atoms with van der Waals surface area (Å²) in [6.07, 6.45) is 4.18. The van der Waals surface area contributed by atoms with Gasteiger partial charge in [0.15, 0.2) is 0 Å². The van der Waals surface area contributed by atoms with Gasteiger partial charge in [0.2, 0.25) is 0 Å². The van der Waals surface area contributed by atoms with Crippen molar-refractivity contribution in [1.82, 2.24) is 0 Å². The van der Waals surface area contributed by atoms with Crippen LogP contribution in [0.1, 0.15) is 18.1 Å². The molecule has 0 radical (unpaired) electrons. The minimum absolute atomic E-state index is 1.24. The zero-order chi connectivity index (χ0) is 15.4. The molecule has 0 saturated carbocycles. The van der Waals surface area contributed by atoms with Gasteiger partial charge in [-0.3, -0.25) is 0 Å². The van der Waals surface area contributed by atoms with Crippen molar-refractivity contribution in [3.05, 3.63) is 90.0 Å². The molecule has 0 unspecified atom stereocenters. The maximum Gasteiger partial charge on any atom is -0.0184 e. The van der Waals surface area contributed by atoms with Crippen LogP contribution in [0.3, 0.4) is 0 Å². The number of aryl methyl sites for hydroxylation is 1. The van der Waals surface area contributed by atoms with Crippen LogP contribution in [0.4, 0.5) is 0 Å². The lowest BCUT2D eigenvalue weighted by atomic mass is 9.99. The first-order valence-corrected chi connectivity index (χ1v) is 7.66. The zero-order valence-electron chi connectivity index (χ0n) is 13.1. The molecule has 0 nitrogen and oxygen atoms in total. The fourth-order valence-electron chi connectivity index (χ4n) is 2.58. The van der Waals surface area contributed by atoms with Gasteiger partial charge >= 0.3 is 0 Å². The van der Waals surface area contributed by atoms with Crippen LogP contribution in [0.15, 0.2) is 78.9 Å². The Balaban J connectivity index is 1.86. The third kappa shape index (κ3) is 3.17. The van der Waals surface area contributed by atoms with Gasteiger partial charge in [-0.1, -0.05) is 90.5 Å². The van der Waals surface area contributed by atoms with E-state index in [1.54, 1.807) is 0 Å². The summed E-state index contributed by atoms with van der Waals surface area (Å²) in [6.45, 7) is 4.15. The van der Waals surface area contributed by atoms with Gasteiger partial charge in [-0.15, -0.1) is 0 Å². The number of benzene rings is 3. The highest BCUT2D eigenvalue weighted by Crippen LogP contribution is 2.25. The summed E-state index contributed by atoms with van der Waals surface area (Å²) < 4.78 is 0. The van der Waals surface area contributed by atoms with Crippen LogP contribution in [0.2, 0.25) is 0 Å². The van der Waals surface area contributed by atoms with Crippen molar-refractivity contribution in [1.29, 1.82) is 0 Å². The first-order chi connectivity index (χ1) is 10.8. The molecule has 0 amide bonds. The number of hydrogen-bond donors (Lipinski definition) is 0. The second-order valence-electron chi connectivity index (χ2n) is 5.57. The largest absolute Gasteiger partial charge is 0.0871 e. The first-order valence-electron chi connectivity index (χ1n) is 7.66.